The number of nitrogens with zero attached hydrogens (tertiary/aromatic N) is 1. The van der Waals surface area contributed by atoms with Crippen molar-refractivity contribution in [1.82, 2.24) is 0 Å². The topological polar surface area (TPSA) is 32.3 Å². The van der Waals surface area contributed by atoms with Crippen LogP contribution in [0.4, 0.5) is 15.8 Å². The molecule has 1 aromatic carbocycles. The Hall–Kier alpha value is -1.88. The Balaban J connectivity index is 1.51. The first-order valence-electron chi connectivity index (χ1n) is 9.26. The van der Waals surface area contributed by atoms with Gasteiger partial charge >= 0.3 is 0 Å². The number of thiophene rings is 1. The van der Waals surface area contributed by atoms with Gasteiger partial charge in [0.15, 0.2) is 0 Å². The molecule has 2 aliphatic rings. The fourth-order valence-corrected chi connectivity index (χ4v) is 4.84. The molecule has 1 fully saturated rings. The first-order chi connectivity index (χ1) is 12.3. The lowest BCUT2D eigenvalue weighted by Crippen LogP contribution is -2.29. The molecule has 0 spiro atoms. The van der Waals surface area contributed by atoms with Gasteiger partial charge in [-0.15, -0.1) is 11.3 Å². The third kappa shape index (κ3) is 3.50. The minimum atomic E-state index is -1.25. The van der Waals surface area contributed by atoms with Crippen LogP contribution in [0, 0.1) is 20.8 Å². The quantitative estimate of drug-likeness (QED) is 0.813. The molecule has 4 rings (SSSR count). The number of alkyl halides is 1. The summed E-state index contributed by atoms with van der Waals surface area (Å²) in [4.78, 5) is 17.4. The molecule has 26 heavy (non-hydrogen) atoms. The Bertz CT molecular complexity index is 846. The number of rotatable bonds is 4. The lowest BCUT2D eigenvalue weighted by atomic mass is 10.0. The fraction of sp³-hybridized carbons (Fsp3) is 0.476. The normalized spacial score (nSPS) is 17.8. The monoisotopic (exact) mass is 372 g/mol. The molecule has 138 valence electrons. The van der Waals surface area contributed by atoms with Crippen molar-refractivity contribution in [1.29, 1.82) is 0 Å². The zero-order valence-corrected chi connectivity index (χ0v) is 16.4. The van der Waals surface area contributed by atoms with Gasteiger partial charge in [-0.3, -0.25) is 4.79 Å². The Morgan fingerprint density at radius 3 is 2.58 bits per heavy atom. The molecule has 1 aliphatic carbocycles. The highest BCUT2D eigenvalue weighted by atomic mass is 32.1. The molecule has 0 radical (unpaired) electrons. The van der Waals surface area contributed by atoms with E-state index in [4.69, 9.17) is 0 Å². The number of fused-ring (bicyclic) bond motifs is 1. The maximum absolute atomic E-state index is 13.8. The number of amides is 1. The van der Waals surface area contributed by atoms with Crippen molar-refractivity contribution in [3.63, 3.8) is 0 Å². The van der Waals surface area contributed by atoms with E-state index in [0.29, 0.717) is 12.8 Å². The first kappa shape index (κ1) is 17.5. The van der Waals surface area contributed by atoms with Gasteiger partial charge in [-0.2, -0.15) is 0 Å². The fourth-order valence-electron chi connectivity index (χ4n) is 3.81. The van der Waals surface area contributed by atoms with E-state index in [2.05, 4.69) is 35.3 Å². The van der Waals surface area contributed by atoms with Gasteiger partial charge in [-0.05, 0) is 74.9 Å². The molecule has 5 heteroatoms. The second-order valence-corrected chi connectivity index (χ2v) is 9.15. The van der Waals surface area contributed by atoms with Gasteiger partial charge in [0, 0.05) is 34.2 Å². The van der Waals surface area contributed by atoms with Crippen LogP contribution in [-0.2, 0) is 17.8 Å². The van der Waals surface area contributed by atoms with Gasteiger partial charge < -0.3 is 10.2 Å². The average molecular weight is 373 g/mol. The average Bonchev–Trinajstić information content (AvgIpc) is 3.16. The van der Waals surface area contributed by atoms with E-state index in [1.54, 1.807) is 0 Å². The van der Waals surface area contributed by atoms with Crippen molar-refractivity contribution >= 4 is 28.6 Å². The molecule has 1 amide bonds. The molecule has 0 saturated heterocycles. The van der Waals surface area contributed by atoms with Crippen LogP contribution in [-0.4, -0.2) is 18.1 Å². The molecule has 2 heterocycles. The highest BCUT2D eigenvalue weighted by Crippen LogP contribution is 2.43. The van der Waals surface area contributed by atoms with Crippen LogP contribution in [0.2, 0.25) is 0 Å². The zero-order valence-electron chi connectivity index (χ0n) is 15.6. The summed E-state index contributed by atoms with van der Waals surface area (Å²) in [6.07, 6.45) is 2.08. The molecule has 1 N–H and O–H groups in total. The van der Waals surface area contributed by atoms with Crippen molar-refractivity contribution in [2.24, 2.45) is 0 Å². The highest BCUT2D eigenvalue weighted by molar-refractivity contribution is 7.12. The van der Waals surface area contributed by atoms with Crippen LogP contribution in [0.15, 0.2) is 18.2 Å². The Labute approximate surface area is 158 Å². The van der Waals surface area contributed by atoms with Gasteiger partial charge in [0.05, 0.1) is 6.42 Å². The smallest absolute Gasteiger partial charge is 0.227 e. The van der Waals surface area contributed by atoms with Crippen molar-refractivity contribution in [2.45, 2.75) is 58.7 Å². The molecule has 0 atom stereocenters. The predicted molar refractivity (Wildman–Crippen MR) is 106 cm³/mol. The Morgan fingerprint density at radius 2 is 1.92 bits per heavy atom. The molecule has 3 nitrogen and oxygen atoms in total. The van der Waals surface area contributed by atoms with Gasteiger partial charge in [-0.1, -0.05) is 0 Å². The summed E-state index contributed by atoms with van der Waals surface area (Å²) >= 11 is 1.91. The summed E-state index contributed by atoms with van der Waals surface area (Å²) in [7, 11) is 0. The highest BCUT2D eigenvalue weighted by Gasteiger charge is 2.44. The summed E-state index contributed by atoms with van der Waals surface area (Å²) in [6.45, 7) is 8.15. The maximum atomic E-state index is 13.8. The van der Waals surface area contributed by atoms with Gasteiger partial charge in [0.2, 0.25) is 5.91 Å². The predicted octanol–water partition coefficient (Wildman–Crippen LogP) is 5.07. The molecule has 1 aromatic heterocycles. The van der Waals surface area contributed by atoms with Gasteiger partial charge in [0.1, 0.15) is 5.67 Å². The molecule has 2 aromatic rings. The molecule has 1 aliphatic heterocycles. The molecular formula is C21H25FN2OS. The van der Waals surface area contributed by atoms with E-state index in [1.165, 1.54) is 21.0 Å². The van der Waals surface area contributed by atoms with Crippen molar-refractivity contribution in [3.05, 3.63) is 44.6 Å². The summed E-state index contributed by atoms with van der Waals surface area (Å²) < 4.78 is 13.8. The number of nitrogens with one attached hydrogen (secondary N) is 1. The van der Waals surface area contributed by atoms with Crippen LogP contribution >= 0.6 is 11.3 Å². The van der Waals surface area contributed by atoms with Crippen molar-refractivity contribution in [3.8, 4) is 0 Å². The number of benzene rings is 1. The van der Waals surface area contributed by atoms with Crippen LogP contribution in [0.1, 0.15) is 45.7 Å². The number of anilines is 2. The third-order valence-electron chi connectivity index (χ3n) is 5.41. The molecule has 0 unspecified atom stereocenters. The Kier molecular flexibility index (Phi) is 4.30. The largest absolute Gasteiger partial charge is 0.367 e. The van der Waals surface area contributed by atoms with Crippen LogP contribution < -0.4 is 10.2 Å². The lowest BCUT2D eigenvalue weighted by Gasteiger charge is -2.30. The van der Waals surface area contributed by atoms with E-state index < -0.39 is 5.67 Å². The van der Waals surface area contributed by atoms with Gasteiger partial charge in [-0.25, -0.2) is 4.39 Å². The van der Waals surface area contributed by atoms with E-state index >= 15 is 0 Å². The number of carbonyl (C=O) groups excluding carboxylic acids is 1. The van der Waals surface area contributed by atoms with E-state index in [0.717, 1.165) is 36.3 Å². The maximum Gasteiger partial charge on any atom is 0.227 e. The molecule has 1 saturated carbocycles. The second-order valence-electron chi connectivity index (χ2n) is 7.81. The number of hydrogen-bond donors (Lipinski definition) is 1. The Morgan fingerprint density at radius 1 is 1.23 bits per heavy atom. The summed E-state index contributed by atoms with van der Waals surface area (Å²) in [5, 5.41) is 2.93. The first-order valence-corrected chi connectivity index (χ1v) is 10.1. The number of aryl methyl sites for hydroxylation is 3. The molecule has 0 bridgehead atoms. The third-order valence-corrected chi connectivity index (χ3v) is 6.56. The van der Waals surface area contributed by atoms with E-state index in [9.17, 15) is 9.18 Å². The number of halogens is 1. The van der Waals surface area contributed by atoms with Crippen LogP contribution in [0.5, 0.6) is 0 Å². The minimum absolute atomic E-state index is 0.0277. The lowest BCUT2D eigenvalue weighted by molar-refractivity contribution is -0.117. The zero-order chi connectivity index (χ0) is 18.5. The second kappa shape index (κ2) is 6.38. The van der Waals surface area contributed by atoms with E-state index in [-0.39, 0.29) is 12.3 Å². The SMILES string of the molecule is Cc1cc2c(s1)CCN(c1cc(C)c(NC(=O)CC3(F)CC3)c(C)c1)C2. The van der Waals surface area contributed by atoms with E-state index in [1.807, 2.05) is 25.2 Å². The molecular weight excluding hydrogens is 347 g/mol. The number of carbonyl (C=O) groups is 1. The van der Waals surface area contributed by atoms with Crippen molar-refractivity contribution < 1.29 is 9.18 Å². The number of hydrogen-bond acceptors (Lipinski definition) is 3. The van der Waals surface area contributed by atoms with Crippen LogP contribution in [0.3, 0.4) is 0 Å². The minimum Gasteiger partial charge on any atom is -0.367 e. The standard InChI is InChI=1S/C21H25FN2OS/c1-13-8-17(24-7-4-18-16(12-24)10-15(3)26-18)9-14(2)20(13)23-19(25)11-21(22)5-6-21/h8-10H,4-7,11-12H2,1-3H3,(H,23,25). The van der Waals surface area contributed by atoms with Gasteiger partial charge in [0.25, 0.3) is 0 Å². The summed E-state index contributed by atoms with van der Waals surface area (Å²) in [5.74, 6) is -0.222. The summed E-state index contributed by atoms with van der Waals surface area (Å²) in [6, 6.07) is 6.56. The van der Waals surface area contributed by atoms with Crippen LogP contribution in [0.25, 0.3) is 0 Å². The summed E-state index contributed by atoms with van der Waals surface area (Å²) in [5.41, 5.74) is 4.26. The van der Waals surface area contributed by atoms with Crippen molar-refractivity contribution in [2.75, 3.05) is 16.8 Å².